The highest BCUT2D eigenvalue weighted by Crippen LogP contribution is 2.23. The second-order valence-electron chi connectivity index (χ2n) is 6.41. The molecule has 0 heterocycles. The van der Waals surface area contributed by atoms with Gasteiger partial charge in [-0.25, -0.2) is 0 Å². The van der Waals surface area contributed by atoms with Gasteiger partial charge in [0.25, 0.3) is 5.91 Å². The van der Waals surface area contributed by atoms with Crippen molar-refractivity contribution in [2.75, 3.05) is 11.9 Å². The Bertz CT molecular complexity index is 1060. The zero-order valence-electron chi connectivity index (χ0n) is 16.9. The molecule has 0 saturated heterocycles. The van der Waals surface area contributed by atoms with E-state index in [-0.39, 0.29) is 11.0 Å². The van der Waals surface area contributed by atoms with Crippen LogP contribution < -0.4 is 25.6 Å². The fourth-order valence-electron chi connectivity index (χ4n) is 2.72. The summed E-state index contributed by atoms with van der Waals surface area (Å²) in [7, 11) is 0. The van der Waals surface area contributed by atoms with E-state index < -0.39 is 0 Å². The molecule has 3 rings (SSSR count). The summed E-state index contributed by atoms with van der Waals surface area (Å²) < 4.78 is 12.3. The molecule has 3 aromatic rings. The molecular formula is C23H22BrN3O3S. The van der Waals surface area contributed by atoms with Gasteiger partial charge in [-0.2, -0.15) is 0 Å². The topological polar surface area (TPSA) is 71.6 Å². The van der Waals surface area contributed by atoms with E-state index in [2.05, 4.69) is 32.1 Å². The van der Waals surface area contributed by atoms with Crippen molar-refractivity contribution >= 4 is 44.9 Å². The summed E-state index contributed by atoms with van der Waals surface area (Å²) in [5.74, 6) is 1.11. The first-order valence-corrected chi connectivity index (χ1v) is 10.8. The molecule has 1 amide bonds. The summed E-state index contributed by atoms with van der Waals surface area (Å²) in [5, 5.41) is 3.26. The Morgan fingerprint density at radius 3 is 2.58 bits per heavy atom. The van der Waals surface area contributed by atoms with E-state index in [9.17, 15) is 4.79 Å². The number of para-hydroxylation sites is 2. The van der Waals surface area contributed by atoms with E-state index >= 15 is 0 Å². The van der Waals surface area contributed by atoms with E-state index in [0.717, 1.165) is 15.8 Å². The van der Waals surface area contributed by atoms with Crippen LogP contribution in [0, 0.1) is 0 Å². The zero-order chi connectivity index (χ0) is 22.1. The highest BCUT2D eigenvalue weighted by molar-refractivity contribution is 9.10. The Hall–Kier alpha value is -3.10. The molecule has 0 radical (unpaired) electrons. The minimum absolute atomic E-state index is 0.245. The third kappa shape index (κ3) is 6.97. The van der Waals surface area contributed by atoms with Crippen molar-refractivity contribution in [3.63, 3.8) is 0 Å². The summed E-state index contributed by atoms with van der Waals surface area (Å²) >= 11 is 8.68. The maximum absolute atomic E-state index is 12.5. The Balaban J connectivity index is 1.53. The van der Waals surface area contributed by atoms with Crippen molar-refractivity contribution in [1.82, 2.24) is 10.9 Å². The molecule has 0 fully saturated rings. The molecule has 8 heteroatoms. The number of amides is 1. The number of rotatable bonds is 7. The van der Waals surface area contributed by atoms with Crippen molar-refractivity contribution in [3.05, 3.63) is 88.4 Å². The molecule has 31 heavy (non-hydrogen) atoms. The fraction of sp³-hybridized carbons (Fsp3) is 0.130. The van der Waals surface area contributed by atoms with Gasteiger partial charge in [-0.1, -0.05) is 46.3 Å². The maximum Gasteiger partial charge on any atom is 0.269 e. The quantitative estimate of drug-likeness (QED) is 0.311. The van der Waals surface area contributed by atoms with Gasteiger partial charge in [-0.05, 0) is 67.2 Å². The molecule has 0 atom stereocenters. The third-order valence-corrected chi connectivity index (χ3v) is 4.81. The van der Waals surface area contributed by atoms with Crippen molar-refractivity contribution < 1.29 is 14.3 Å². The summed E-state index contributed by atoms with van der Waals surface area (Å²) in [6, 6.07) is 22.2. The Kier molecular flexibility index (Phi) is 8.26. The van der Waals surface area contributed by atoms with Crippen LogP contribution in [0.5, 0.6) is 11.5 Å². The monoisotopic (exact) mass is 499 g/mol. The van der Waals surface area contributed by atoms with Crippen molar-refractivity contribution in [2.24, 2.45) is 0 Å². The van der Waals surface area contributed by atoms with Crippen molar-refractivity contribution in [2.45, 2.75) is 13.5 Å². The van der Waals surface area contributed by atoms with E-state index in [4.69, 9.17) is 21.7 Å². The minimum atomic E-state index is -0.313. The summed E-state index contributed by atoms with van der Waals surface area (Å²) in [6.45, 7) is 2.79. The number of carbonyl (C=O) groups is 1. The van der Waals surface area contributed by atoms with Crippen molar-refractivity contribution in [3.8, 4) is 11.5 Å². The highest BCUT2D eigenvalue weighted by Gasteiger charge is 2.09. The molecule has 3 N–H and O–H groups in total. The van der Waals surface area contributed by atoms with Crippen LogP contribution in [0.1, 0.15) is 22.8 Å². The molecule has 0 bridgehead atoms. The van der Waals surface area contributed by atoms with Gasteiger partial charge in [0.1, 0.15) is 18.1 Å². The Morgan fingerprint density at radius 2 is 1.77 bits per heavy atom. The number of benzene rings is 3. The Labute approximate surface area is 195 Å². The standard InChI is InChI=1S/C23H22BrN3O3S/c1-2-29-21-12-4-3-11-20(21)25-23(31)27-26-22(28)17-8-5-7-16(13-17)15-30-19-10-6-9-18(24)14-19/h3-14H,2,15H2,1H3,(H,26,28)(H2,25,27,31). The molecule has 6 nitrogen and oxygen atoms in total. The third-order valence-electron chi connectivity index (χ3n) is 4.12. The first-order valence-electron chi connectivity index (χ1n) is 9.61. The van der Waals surface area contributed by atoms with Crippen LogP contribution in [0.2, 0.25) is 0 Å². The van der Waals surface area contributed by atoms with Gasteiger partial charge in [0.2, 0.25) is 0 Å². The molecule has 0 saturated carbocycles. The lowest BCUT2D eigenvalue weighted by atomic mass is 10.1. The molecule has 0 aliphatic heterocycles. The fourth-order valence-corrected chi connectivity index (χ4v) is 3.26. The van der Waals surface area contributed by atoms with Gasteiger partial charge >= 0.3 is 0 Å². The largest absolute Gasteiger partial charge is 0.492 e. The molecule has 160 valence electrons. The summed E-state index contributed by atoms with van der Waals surface area (Å²) in [6.07, 6.45) is 0. The zero-order valence-corrected chi connectivity index (χ0v) is 19.3. The summed E-state index contributed by atoms with van der Waals surface area (Å²) in [4.78, 5) is 12.5. The predicted octanol–water partition coefficient (Wildman–Crippen LogP) is 5.06. The van der Waals surface area contributed by atoms with E-state index in [1.165, 1.54) is 0 Å². The molecule has 3 aromatic carbocycles. The van der Waals surface area contributed by atoms with Crippen LogP contribution in [0.25, 0.3) is 0 Å². The van der Waals surface area contributed by atoms with Crippen LogP contribution in [0.4, 0.5) is 5.69 Å². The second kappa shape index (κ2) is 11.3. The molecule has 0 aromatic heterocycles. The number of halogens is 1. The molecular weight excluding hydrogens is 478 g/mol. The molecule has 0 spiro atoms. The van der Waals surface area contributed by atoms with Gasteiger partial charge in [0, 0.05) is 10.0 Å². The average Bonchev–Trinajstić information content (AvgIpc) is 2.78. The smallest absolute Gasteiger partial charge is 0.269 e. The lowest BCUT2D eigenvalue weighted by Gasteiger charge is -2.15. The number of carbonyl (C=O) groups excluding carboxylic acids is 1. The van der Waals surface area contributed by atoms with Gasteiger partial charge in [0.15, 0.2) is 5.11 Å². The molecule has 0 aliphatic carbocycles. The first-order chi connectivity index (χ1) is 15.0. The Morgan fingerprint density at radius 1 is 0.968 bits per heavy atom. The van der Waals surface area contributed by atoms with E-state index in [1.54, 1.807) is 12.1 Å². The highest BCUT2D eigenvalue weighted by atomic mass is 79.9. The number of anilines is 1. The summed E-state index contributed by atoms with van der Waals surface area (Å²) in [5.41, 5.74) is 7.38. The van der Waals surface area contributed by atoms with Crippen LogP contribution in [-0.2, 0) is 6.61 Å². The van der Waals surface area contributed by atoms with Crippen LogP contribution in [0.3, 0.4) is 0 Å². The van der Waals surface area contributed by atoms with Gasteiger partial charge in [0.05, 0.1) is 12.3 Å². The maximum atomic E-state index is 12.5. The molecule has 0 unspecified atom stereocenters. The van der Waals surface area contributed by atoms with E-state index in [0.29, 0.717) is 30.2 Å². The SMILES string of the molecule is CCOc1ccccc1NC(=S)NNC(=O)c1cccc(COc2cccc(Br)c2)c1. The van der Waals surface area contributed by atoms with E-state index in [1.807, 2.05) is 67.6 Å². The van der Waals surface area contributed by atoms with Gasteiger partial charge in [-0.3, -0.25) is 15.6 Å². The predicted molar refractivity (Wildman–Crippen MR) is 129 cm³/mol. The minimum Gasteiger partial charge on any atom is -0.492 e. The second-order valence-corrected chi connectivity index (χ2v) is 7.73. The average molecular weight is 500 g/mol. The number of thiocarbonyl (C=S) groups is 1. The first kappa shape index (κ1) is 22.6. The number of hydrazine groups is 1. The van der Waals surface area contributed by atoms with Crippen LogP contribution in [-0.4, -0.2) is 17.6 Å². The number of ether oxygens (including phenoxy) is 2. The van der Waals surface area contributed by atoms with Crippen LogP contribution in [0.15, 0.2) is 77.3 Å². The van der Waals surface area contributed by atoms with Crippen LogP contribution >= 0.6 is 28.1 Å². The lowest BCUT2D eigenvalue weighted by Crippen LogP contribution is -2.43. The van der Waals surface area contributed by atoms with Gasteiger partial charge in [-0.15, -0.1) is 0 Å². The van der Waals surface area contributed by atoms with Crippen molar-refractivity contribution in [1.29, 1.82) is 0 Å². The number of hydrogen-bond donors (Lipinski definition) is 3. The normalized spacial score (nSPS) is 10.1. The molecule has 0 aliphatic rings. The number of hydrogen-bond acceptors (Lipinski definition) is 4. The number of nitrogens with one attached hydrogen (secondary N) is 3. The lowest BCUT2D eigenvalue weighted by molar-refractivity contribution is 0.0944. The van der Waals surface area contributed by atoms with Gasteiger partial charge < -0.3 is 14.8 Å².